The Morgan fingerprint density at radius 3 is 2.75 bits per heavy atom. The van der Waals surface area contributed by atoms with Crippen molar-refractivity contribution in [2.75, 3.05) is 7.11 Å². The number of aldehydes is 1. The minimum absolute atomic E-state index is 0.750. The van der Waals surface area contributed by atoms with Crippen molar-refractivity contribution >= 4 is 12.4 Å². The van der Waals surface area contributed by atoms with Crippen molar-refractivity contribution in [3.8, 4) is 5.75 Å². The molecule has 0 heterocycles. The Labute approximate surface area is 96.2 Å². The largest absolute Gasteiger partial charge is 0.497 e. The van der Waals surface area contributed by atoms with Crippen LogP contribution in [0.15, 0.2) is 36.4 Å². The Morgan fingerprint density at radius 2 is 2.06 bits per heavy atom. The lowest BCUT2D eigenvalue weighted by Crippen LogP contribution is -1.88. The number of hydrogen-bond acceptors (Lipinski definition) is 2. The molecular formula is C14H16O2. The minimum Gasteiger partial charge on any atom is -0.497 e. The van der Waals surface area contributed by atoms with Crippen LogP contribution in [-0.4, -0.2) is 13.4 Å². The lowest BCUT2D eigenvalue weighted by atomic mass is 10.1. The van der Waals surface area contributed by atoms with Gasteiger partial charge in [0.2, 0.25) is 0 Å². The van der Waals surface area contributed by atoms with Crippen LogP contribution in [0.4, 0.5) is 0 Å². The molecule has 84 valence electrons. The normalized spacial score (nSPS) is 11.9. The molecule has 1 aliphatic rings. The Kier molecular flexibility index (Phi) is 5.06. The fourth-order valence-corrected chi connectivity index (χ4v) is 1.47. The second-order valence-corrected chi connectivity index (χ2v) is 3.29. The summed E-state index contributed by atoms with van der Waals surface area (Å²) < 4.78 is 5.17. The Bertz CT molecular complexity index is 403. The topological polar surface area (TPSA) is 26.3 Å². The summed E-state index contributed by atoms with van der Waals surface area (Å²) in [5.41, 5.74) is 2.61. The van der Waals surface area contributed by atoms with Gasteiger partial charge in [0.1, 0.15) is 12.0 Å². The van der Waals surface area contributed by atoms with Crippen LogP contribution in [0.1, 0.15) is 18.1 Å². The molecule has 2 nitrogen and oxygen atoms in total. The zero-order valence-electron chi connectivity index (χ0n) is 9.64. The molecule has 0 radical (unpaired) electrons. The summed E-state index contributed by atoms with van der Waals surface area (Å²) in [6.07, 6.45) is 10.2. The van der Waals surface area contributed by atoms with Crippen LogP contribution in [-0.2, 0) is 11.2 Å². The van der Waals surface area contributed by atoms with Gasteiger partial charge >= 0.3 is 0 Å². The smallest absolute Gasteiger partial charge is 0.119 e. The number of allylic oxidation sites excluding steroid dienone is 3. The zero-order chi connectivity index (χ0) is 11.8. The zero-order valence-corrected chi connectivity index (χ0v) is 9.64. The molecule has 2 rings (SSSR count). The highest BCUT2D eigenvalue weighted by Gasteiger charge is 2.01. The summed E-state index contributed by atoms with van der Waals surface area (Å²) in [4.78, 5) is 8.81. The van der Waals surface area contributed by atoms with Crippen molar-refractivity contribution in [1.82, 2.24) is 0 Å². The van der Waals surface area contributed by atoms with E-state index in [2.05, 4.69) is 36.4 Å². The molecule has 1 aromatic carbocycles. The fraction of sp³-hybridized carbons (Fsp3) is 0.214. The van der Waals surface area contributed by atoms with Crippen molar-refractivity contribution in [3.05, 3.63) is 47.6 Å². The average molecular weight is 216 g/mol. The van der Waals surface area contributed by atoms with Gasteiger partial charge in [-0.3, -0.25) is 0 Å². The third kappa shape index (κ3) is 3.39. The first-order valence-corrected chi connectivity index (χ1v) is 5.21. The SMILES string of the molecule is CC=O.COc1ccc2c(c1)C=CC=CC2. The highest BCUT2D eigenvalue weighted by atomic mass is 16.5. The van der Waals surface area contributed by atoms with E-state index < -0.39 is 0 Å². The van der Waals surface area contributed by atoms with Gasteiger partial charge in [0, 0.05) is 0 Å². The maximum absolute atomic E-state index is 8.81. The first-order valence-electron chi connectivity index (χ1n) is 5.21. The van der Waals surface area contributed by atoms with Crippen molar-refractivity contribution in [3.63, 3.8) is 0 Å². The quantitative estimate of drug-likeness (QED) is 0.674. The molecule has 0 aliphatic heterocycles. The van der Waals surface area contributed by atoms with Gasteiger partial charge in [-0.15, -0.1) is 0 Å². The second-order valence-electron chi connectivity index (χ2n) is 3.29. The van der Waals surface area contributed by atoms with E-state index in [1.54, 1.807) is 7.11 Å². The molecule has 0 spiro atoms. The molecule has 0 saturated carbocycles. The summed E-state index contributed by atoms with van der Waals surface area (Å²) in [5, 5.41) is 0. The Hall–Kier alpha value is -1.83. The molecule has 1 aromatic rings. The van der Waals surface area contributed by atoms with Crippen LogP contribution >= 0.6 is 0 Å². The number of benzene rings is 1. The molecule has 2 heteroatoms. The van der Waals surface area contributed by atoms with E-state index >= 15 is 0 Å². The Morgan fingerprint density at radius 1 is 1.31 bits per heavy atom. The lowest BCUT2D eigenvalue weighted by molar-refractivity contribution is -0.106. The van der Waals surface area contributed by atoms with E-state index in [-0.39, 0.29) is 0 Å². The second kappa shape index (κ2) is 6.62. The monoisotopic (exact) mass is 216 g/mol. The van der Waals surface area contributed by atoms with Gasteiger partial charge in [-0.05, 0) is 36.6 Å². The summed E-state index contributed by atoms with van der Waals surface area (Å²) in [6, 6.07) is 6.19. The van der Waals surface area contributed by atoms with Gasteiger partial charge in [-0.2, -0.15) is 0 Å². The predicted octanol–water partition coefficient (Wildman–Crippen LogP) is 3.03. The van der Waals surface area contributed by atoms with E-state index in [1.807, 2.05) is 6.07 Å². The van der Waals surface area contributed by atoms with Crippen molar-refractivity contribution in [2.45, 2.75) is 13.3 Å². The van der Waals surface area contributed by atoms with E-state index in [0.29, 0.717) is 0 Å². The minimum atomic E-state index is 0.750. The molecule has 0 unspecified atom stereocenters. The first kappa shape index (κ1) is 12.2. The molecule has 0 amide bonds. The van der Waals surface area contributed by atoms with Crippen molar-refractivity contribution < 1.29 is 9.53 Å². The average Bonchev–Trinajstić information content (AvgIpc) is 2.54. The van der Waals surface area contributed by atoms with Crippen LogP contribution in [0.25, 0.3) is 6.08 Å². The number of hydrogen-bond donors (Lipinski definition) is 0. The summed E-state index contributed by atoms with van der Waals surface area (Å²) >= 11 is 0. The summed E-state index contributed by atoms with van der Waals surface area (Å²) in [5.74, 6) is 0.922. The first-order chi connectivity index (χ1) is 7.81. The summed E-state index contributed by atoms with van der Waals surface area (Å²) in [6.45, 7) is 1.44. The lowest BCUT2D eigenvalue weighted by Gasteiger charge is -2.05. The molecule has 1 aliphatic carbocycles. The maximum Gasteiger partial charge on any atom is 0.119 e. The van der Waals surface area contributed by atoms with Crippen molar-refractivity contribution in [2.24, 2.45) is 0 Å². The van der Waals surface area contributed by atoms with Crippen LogP contribution in [0.2, 0.25) is 0 Å². The number of carbonyl (C=O) groups is 1. The van der Waals surface area contributed by atoms with Gasteiger partial charge in [0.05, 0.1) is 7.11 Å². The number of fused-ring (bicyclic) bond motifs is 1. The number of carbonyl (C=O) groups excluding carboxylic acids is 1. The maximum atomic E-state index is 8.81. The van der Waals surface area contributed by atoms with Crippen molar-refractivity contribution in [1.29, 1.82) is 0 Å². The van der Waals surface area contributed by atoms with Crippen LogP contribution in [0, 0.1) is 0 Å². The van der Waals surface area contributed by atoms with E-state index in [0.717, 1.165) is 18.5 Å². The van der Waals surface area contributed by atoms with Gasteiger partial charge < -0.3 is 9.53 Å². The predicted molar refractivity (Wildman–Crippen MR) is 66.6 cm³/mol. The highest BCUT2D eigenvalue weighted by Crippen LogP contribution is 2.21. The third-order valence-electron chi connectivity index (χ3n) is 2.21. The van der Waals surface area contributed by atoms with Gasteiger partial charge in [0.25, 0.3) is 0 Å². The summed E-state index contributed by atoms with van der Waals surface area (Å²) in [7, 11) is 1.69. The van der Waals surface area contributed by atoms with Crippen LogP contribution in [0.3, 0.4) is 0 Å². The van der Waals surface area contributed by atoms with E-state index in [9.17, 15) is 0 Å². The fourth-order valence-electron chi connectivity index (χ4n) is 1.47. The Balaban J connectivity index is 0.000000386. The molecule has 0 fully saturated rings. The standard InChI is InChI=1S/C12H12O.C2H4O/c1-13-12-8-7-10-5-3-2-4-6-11(10)9-12;1-2-3/h2-4,6-9H,5H2,1H3;2H,1H3. The molecule has 0 aromatic heterocycles. The molecule has 0 bridgehead atoms. The number of rotatable bonds is 1. The number of ether oxygens (including phenoxy) is 1. The molecule has 0 saturated heterocycles. The third-order valence-corrected chi connectivity index (χ3v) is 2.21. The number of methoxy groups -OCH3 is 1. The van der Waals surface area contributed by atoms with E-state index in [4.69, 9.17) is 9.53 Å². The molecular weight excluding hydrogens is 200 g/mol. The van der Waals surface area contributed by atoms with E-state index in [1.165, 1.54) is 18.1 Å². The highest BCUT2D eigenvalue weighted by molar-refractivity contribution is 5.59. The van der Waals surface area contributed by atoms with Crippen LogP contribution < -0.4 is 4.74 Å². The molecule has 16 heavy (non-hydrogen) atoms. The molecule has 0 N–H and O–H groups in total. The van der Waals surface area contributed by atoms with Gasteiger partial charge in [0.15, 0.2) is 0 Å². The van der Waals surface area contributed by atoms with Gasteiger partial charge in [-0.25, -0.2) is 0 Å². The van der Waals surface area contributed by atoms with Crippen LogP contribution in [0.5, 0.6) is 5.75 Å². The van der Waals surface area contributed by atoms with Gasteiger partial charge in [-0.1, -0.05) is 30.4 Å². The molecule has 0 atom stereocenters.